The zero-order chi connectivity index (χ0) is 15.6. The molecular formula is C14H10ClF3N2S. The first-order valence-corrected chi connectivity index (χ1v) is 6.59. The number of thiocarbonyl (C=S) groups is 1. The van der Waals surface area contributed by atoms with Crippen molar-refractivity contribution in [3.8, 4) is 0 Å². The van der Waals surface area contributed by atoms with E-state index >= 15 is 0 Å². The molecule has 2 aromatic carbocycles. The van der Waals surface area contributed by atoms with Crippen molar-refractivity contribution in [2.24, 2.45) is 5.73 Å². The first-order chi connectivity index (χ1) is 9.77. The van der Waals surface area contributed by atoms with Crippen molar-refractivity contribution in [3.05, 3.63) is 58.6 Å². The van der Waals surface area contributed by atoms with E-state index in [-0.39, 0.29) is 16.2 Å². The van der Waals surface area contributed by atoms with Crippen LogP contribution >= 0.6 is 23.8 Å². The fourth-order valence-electron chi connectivity index (χ4n) is 1.77. The topological polar surface area (TPSA) is 38.0 Å². The fourth-order valence-corrected chi connectivity index (χ4v) is 2.08. The number of hydrogen-bond donors (Lipinski definition) is 2. The van der Waals surface area contributed by atoms with E-state index in [0.29, 0.717) is 10.7 Å². The molecule has 21 heavy (non-hydrogen) atoms. The summed E-state index contributed by atoms with van der Waals surface area (Å²) in [6.07, 6.45) is -4.53. The predicted octanol–water partition coefficient (Wildman–Crippen LogP) is 4.74. The number of nitrogens with one attached hydrogen (secondary N) is 1. The third kappa shape index (κ3) is 3.86. The van der Waals surface area contributed by atoms with Crippen LogP contribution in [-0.4, -0.2) is 4.99 Å². The highest BCUT2D eigenvalue weighted by Crippen LogP contribution is 2.34. The Bertz CT molecular complexity index is 669. The minimum atomic E-state index is -4.53. The Balaban J connectivity index is 2.38. The molecule has 2 rings (SSSR count). The molecule has 0 radical (unpaired) electrons. The van der Waals surface area contributed by atoms with Gasteiger partial charge in [0, 0.05) is 22.0 Å². The number of benzene rings is 2. The summed E-state index contributed by atoms with van der Waals surface area (Å²) in [5.41, 5.74) is 5.17. The highest BCUT2D eigenvalue weighted by molar-refractivity contribution is 7.80. The zero-order valence-electron chi connectivity index (χ0n) is 10.5. The summed E-state index contributed by atoms with van der Waals surface area (Å²) < 4.78 is 39.1. The summed E-state index contributed by atoms with van der Waals surface area (Å²) in [5.74, 6) is 0. The Morgan fingerprint density at radius 1 is 1.05 bits per heavy atom. The molecule has 0 saturated heterocycles. The lowest BCUT2D eigenvalue weighted by atomic mass is 10.1. The monoisotopic (exact) mass is 330 g/mol. The molecule has 0 fully saturated rings. The molecule has 3 N–H and O–H groups in total. The van der Waals surface area contributed by atoms with Crippen molar-refractivity contribution in [1.82, 2.24) is 0 Å². The van der Waals surface area contributed by atoms with Crippen LogP contribution in [-0.2, 0) is 6.18 Å². The zero-order valence-corrected chi connectivity index (χ0v) is 12.1. The Labute approximate surface area is 129 Å². The number of rotatable bonds is 3. The first kappa shape index (κ1) is 15.6. The summed E-state index contributed by atoms with van der Waals surface area (Å²) in [6.45, 7) is 0. The van der Waals surface area contributed by atoms with E-state index in [1.807, 2.05) is 0 Å². The summed E-state index contributed by atoms with van der Waals surface area (Å²) in [5, 5.41) is 3.41. The second kappa shape index (κ2) is 5.91. The van der Waals surface area contributed by atoms with Crippen LogP contribution in [0.2, 0.25) is 5.02 Å². The van der Waals surface area contributed by atoms with Crippen LogP contribution in [0.15, 0.2) is 42.5 Å². The normalized spacial score (nSPS) is 11.2. The lowest BCUT2D eigenvalue weighted by Crippen LogP contribution is -2.18. The molecule has 0 bridgehead atoms. The van der Waals surface area contributed by atoms with Crippen molar-refractivity contribution in [2.75, 3.05) is 5.32 Å². The average molecular weight is 331 g/mol. The number of alkyl halides is 3. The first-order valence-electron chi connectivity index (χ1n) is 5.81. The predicted molar refractivity (Wildman–Crippen MR) is 82.1 cm³/mol. The van der Waals surface area contributed by atoms with E-state index in [9.17, 15) is 13.2 Å². The highest BCUT2D eigenvalue weighted by atomic mass is 35.5. The van der Waals surface area contributed by atoms with Crippen LogP contribution in [0.25, 0.3) is 0 Å². The van der Waals surface area contributed by atoms with Crippen LogP contribution in [0.3, 0.4) is 0 Å². The Morgan fingerprint density at radius 3 is 2.14 bits per heavy atom. The van der Waals surface area contributed by atoms with Gasteiger partial charge in [0.25, 0.3) is 0 Å². The molecule has 0 spiro atoms. The van der Waals surface area contributed by atoms with E-state index in [1.165, 1.54) is 12.1 Å². The van der Waals surface area contributed by atoms with E-state index in [1.54, 1.807) is 24.3 Å². The lowest BCUT2D eigenvalue weighted by molar-refractivity contribution is -0.137. The van der Waals surface area contributed by atoms with Gasteiger partial charge >= 0.3 is 6.18 Å². The highest BCUT2D eigenvalue weighted by Gasteiger charge is 2.34. The van der Waals surface area contributed by atoms with E-state index in [4.69, 9.17) is 17.3 Å². The Morgan fingerprint density at radius 2 is 1.62 bits per heavy atom. The lowest BCUT2D eigenvalue weighted by Gasteiger charge is -2.14. The molecule has 0 unspecified atom stereocenters. The molecule has 0 aliphatic rings. The number of halogens is 4. The molecule has 0 aromatic heterocycles. The molecule has 0 atom stereocenters. The second-order valence-corrected chi connectivity index (χ2v) is 5.13. The van der Waals surface area contributed by atoms with Gasteiger partial charge in [0.05, 0.1) is 5.56 Å². The molecule has 0 aliphatic carbocycles. The third-order valence-electron chi connectivity index (χ3n) is 2.72. The molecule has 0 heterocycles. The van der Waals surface area contributed by atoms with Crippen LogP contribution in [0.4, 0.5) is 24.5 Å². The van der Waals surface area contributed by atoms with E-state index in [0.717, 1.165) is 6.07 Å². The van der Waals surface area contributed by atoms with Crippen molar-refractivity contribution < 1.29 is 13.2 Å². The van der Waals surface area contributed by atoms with Gasteiger partial charge in [0.2, 0.25) is 0 Å². The SMILES string of the molecule is NC(=S)c1ccc(Nc2ccc(Cl)cc2)cc1C(F)(F)F. The molecule has 0 aliphatic heterocycles. The van der Waals surface area contributed by atoms with Crippen molar-refractivity contribution >= 4 is 40.2 Å². The standard InChI is InChI=1S/C14H10ClF3N2S/c15-8-1-3-9(4-2-8)20-10-5-6-11(13(19)21)12(7-10)14(16,17)18/h1-7,20H,(H2,19,21). The summed E-state index contributed by atoms with van der Waals surface area (Å²) >= 11 is 10.4. The Hall–Kier alpha value is -1.79. The Kier molecular flexibility index (Phi) is 4.39. The van der Waals surface area contributed by atoms with Gasteiger partial charge in [-0.15, -0.1) is 0 Å². The van der Waals surface area contributed by atoms with Gasteiger partial charge in [-0.2, -0.15) is 13.2 Å². The third-order valence-corrected chi connectivity index (χ3v) is 3.20. The molecule has 0 saturated carbocycles. The van der Waals surface area contributed by atoms with Crippen LogP contribution in [0.5, 0.6) is 0 Å². The van der Waals surface area contributed by atoms with E-state index < -0.39 is 11.7 Å². The van der Waals surface area contributed by atoms with Crippen molar-refractivity contribution in [2.45, 2.75) is 6.18 Å². The van der Waals surface area contributed by atoms with Crippen LogP contribution < -0.4 is 11.1 Å². The molecule has 110 valence electrons. The average Bonchev–Trinajstić information content (AvgIpc) is 2.40. The smallest absolute Gasteiger partial charge is 0.389 e. The van der Waals surface area contributed by atoms with Gasteiger partial charge in [0.1, 0.15) is 4.99 Å². The van der Waals surface area contributed by atoms with E-state index in [2.05, 4.69) is 17.5 Å². The number of hydrogen-bond acceptors (Lipinski definition) is 2. The minimum absolute atomic E-state index is 0.195. The van der Waals surface area contributed by atoms with Gasteiger partial charge in [-0.25, -0.2) is 0 Å². The van der Waals surface area contributed by atoms with Gasteiger partial charge in [-0.1, -0.05) is 23.8 Å². The summed E-state index contributed by atoms with van der Waals surface area (Å²) in [4.78, 5) is -0.291. The van der Waals surface area contributed by atoms with Gasteiger partial charge in [-0.05, 0) is 42.5 Å². The minimum Gasteiger partial charge on any atom is -0.389 e. The maximum atomic E-state index is 13.0. The van der Waals surface area contributed by atoms with Crippen molar-refractivity contribution in [3.63, 3.8) is 0 Å². The quantitative estimate of drug-likeness (QED) is 0.798. The molecule has 2 aromatic rings. The fraction of sp³-hybridized carbons (Fsp3) is 0.0714. The van der Waals surface area contributed by atoms with Gasteiger partial charge in [-0.3, -0.25) is 0 Å². The molecule has 2 nitrogen and oxygen atoms in total. The molecule has 0 amide bonds. The molecule has 7 heteroatoms. The maximum absolute atomic E-state index is 13.0. The van der Waals surface area contributed by atoms with Crippen molar-refractivity contribution in [1.29, 1.82) is 0 Å². The maximum Gasteiger partial charge on any atom is 0.417 e. The summed E-state index contributed by atoms with van der Waals surface area (Å²) in [6, 6.07) is 10.3. The van der Waals surface area contributed by atoms with Crippen LogP contribution in [0.1, 0.15) is 11.1 Å². The molecular weight excluding hydrogens is 321 g/mol. The largest absolute Gasteiger partial charge is 0.417 e. The second-order valence-electron chi connectivity index (χ2n) is 4.25. The number of nitrogens with two attached hydrogens (primary N) is 1. The summed E-state index contributed by atoms with van der Waals surface area (Å²) in [7, 11) is 0. The van der Waals surface area contributed by atoms with Gasteiger partial charge in [0.15, 0.2) is 0 Å². The number of anilines is 2. The van der Waals surface area contributed by atoms with Crippen LogP contribution in [0, 0.1) is 0 Å². The van der Waals surface area contributed by atoms with Gasteiger partial charge < -0.3 is 11.1 Å².